The summed E-state index contributed by atoms with van der Waals surface area (Å²) in [6.45, 7) is 13.0. The van der Waals surface area contributed by atoms with Crippen LogP contribution in [-0.2, 0) is 9.47 Å². The molecule has 5 nitrogen and oxygen atoms in total. The van der Waals surface area contributed by atoms with Crippen LogP contribution in [0.3, 0.4) is 0 Å². The van der Waals surface area contributed by atoms with Crippen molar-refractivity contribution in [3.05, 3.63) is 46.5 Å². The number of benzene rings is 2. The number of hydrogen-bond donors (Lipinski definition) is 0. The molecule has 0 aromatic heterocycles. The maximum atomic E-state index is 5.98. The average molecular weight is 388 g/mol. The highest BCUT2D eigenvalue weighted by Crippen LogP contribution is 2.44. The maximum Gasteiger partial charge on any atom is 0.188 e. The maximum absolute atomic E-state index is 5.98. The molecule has 0 saturated carbocycles. The minimum Gasteiger partial charge on any atom is -0.465 e. The summed E-state index contributed by atoms with van der Waals surface area (Å²) in [4.78, 5) is 2.26. The van der Waals surface area contributed by atoms with Crippen LogP contribution in [0.25, 0.3) is 0 Å². The van der Waals surface area contributed by atoms with Crippen LogP contribution >= 0.6 is 0 Å². The molecule has 2 aromatic carbocycles. The first-order valence-corrected chi connectivity index (χ1v) is 9.55. The van der Waals surface area contributed by atoms with Gasteiger partial charge in [-0.2, -0.15) is 0 Å². The molecule has 28 heavy (non-hydrogen) atoms. The lowest BCUT2D eigenvalue weighted by molar-refractivity contribution is 0.0504. The van der Waals surface area contributed by atoms with E-state index in [-0.39, 0.29) is 19.6 Å². The van der Waals surface area contributed by atoms with Gasteiger partial charge in [0.1, 0.15) is 11.5 Å². The first kappa shape index (κ1) is 22.1. The lowest BCUT2D eigenvalue weighted by Crippen LogP contribution is -2.27. The average Bonchev–Trinajstić information content (AvgIpc) is 2.60. The van der Waals surface area contributed by atoms with Gasteiger partial charge in [-0.05, 0) is 75.9 Å². The molecule has 0 atom stereocenters. The van der Waals surface area contributed by atoms with Gasteiger partial charge >= 0.3 is 0 Å². The lowest BCUT2D eigenvalue weighted by Gasteiger charge is -2.33. The molecule has 0 spiro atoms. The Kier molecular flexibility index (Phi) is 7.72. The molecule has 2 rings (SSSR count). The number of aryl methyl sites for hydroxylation is 4. The quantitative estimate of drug-likeness (QED) is 0.536. The molecule has 0 aliphatic heterocycles. The van der Waals surface area contributed by atoms with Crippen molar-refractivity contribution in [1.29, 1.82) is 0 Å². The number of nitrogens with zero attached hydrogens (tertiary/aromatic N) is 1. The highest BCUT2D eigenvalue weighted by Gasteiger charge is 2.24. The molecule has 0 bridgehead atoms. The molecule has 0 amide bonds. The number of ether oxygens (including phenoxy) is 4. The van der Waals surface area contributed by atoms with E-state index >= 15 is 0 Å². The Balaban J connectivity index is 2.71. The Bertz CT molecular complexity index is 738. The van der Waals surface area contributed by atoms with E-state index in [0.717, 1.165) is 34.0 Å². The van der Waals surface area contributed by atoms with E-state index in [1.54, 1.807) is 14.2 Å². The van der Waals surface area contributed by atoms with Crippen LogP contribution in [0.2, 0.25) is 0 Å². The van der Waals surface area contributed by atoms with Gasteiger partial charge in [-0.15, -0.1) is 0 Å². The van der Waals surface area contributed by atoms with Crippen molar-refractivity contribution >= 4 is 11.4 Å². The molecule has 0 unspecified atom stereocenters. The molecule has 0 aliphatic rings. The number of anilines is 2. The summed E-state index contributed by atoms with van der Waals surface area (Å²) in [5.41, 5.74) is 6.48. The summed E-state index contributed by atoms with van der Waals surface area (Å²) in [6.07, 6.45) is 0. The van der Waals surface area contributed by atoms with Crippen molar-refractivity contribution < 1.29 is 18.9 Å². The van der Waals surface area contributed by atoms with E-state index in [2.05, 4.69) is 70.7 Å². The van der Waals surface area contributed by atoms with Crippen molar-refractivity contribution in [2.75, 3.05) is 32.7 Å². The second kappa shape index (κ2) is 9.80. The molecule has 0 heterocycles. The Hall–Kier alpha value is -2.24. The third-order valence-corrected chi connectivity index (χ3v) is 4.48. The van der Waals surface area contributed by atoms with Crippen molar-refractivity contribution in [2.45, 2.75) is 47.6 Å². The van der Waals surface area contributed by atoms with Gasteiger partial charge in [-0.1, -0.05) is 12.1 Å². The largest absolute Gasteiger partial charge is 0.465 e. The van der Waals surface area contributed by atoms with Crippen LogP contribution in [0, 0.1) is 27.7 Å². The smallest absolute Gasteiger partial charge is 0.188 e. The first-order chi connectivity index (χ1) is 13.3. The van der Waals surface area contributed by atoms with Gasteiger partial charge in [0.2, 0.25) is 0 Å². The molecular formula is C23H33NO4. The van der Waals surface area contributed by atoms with E-state index in [9.17, 15) is 0 Å². The fourth-order valence-corrected chi connectivity index (χ4v) is 3.52. The molecule has 0 N–H and O–H groups in total. The highest BCUT2D eigenvalue weighted by atomic mass is 16.7. The van der Waals surface area contributed by atoms with Crippen molar-refractivity contribution in [3.63, 3.8) is 0 Å². The Labute approximate surface area is 169 Å². The monoisotopic (exact) mass is 387 g/mol. The third-order valence-electron chi connectivity index (χ3n) is 4.48. The normalized spacial score (nSPS) is 11.0. The van der Waals surface area contributed by atoms with Gasteiger partial charge in [-0.3, -0.25) is 0 Å². The van der Waals surface area contributed by atoms with Gasteiger partial charge in [0.05, 0.1) is 11.4 Å². The molecule has 0 fully saturated rings. The van der Waals surface area contributed by atoms with E-state index < -0.39 is 0 Å². The van der Waals surface area contributed by atoms with Crippen molar-refractivity contribution in [3.8, 4) is 11.5 Å². The Morgan fingerprint density at radius 1 is 0.714 bits per heavy atom. The minimum atomic E-state index is 0.178. The SMILES string of the molecule is COCOc1c(C)cc(C)cc1N(c1cc(C)cc(C)c1OCOC)C(C)C. The second-order valence-corrected chi connectivity index (χ2v) is 7.43. The summed E-state index contributed by atoms with van der Waals surface area (Å²) < 4.78 is 22.3. The lowest BCUT2D eigenvalue weighted by atomic mass is 10.0. The second-order valence-electron chi connectivity index (χ2n) is 7.43. The van der Waals surface area contributed by atoms with Crippen LogP contribution in [-0.4, -0.2) is 33.8 Å². The van der Waals surface area contributed by atoms with E-state index in [1.807, 2.05) is 0 Å². The fourth-order valence-electron chi connectivity index (χ4n) is 3.52. The zero-order chi connectivity index (χ0) is 20.8. The Morgan fingerprint density at radius 3 is 1.43 bits per heavy atom. The Morgan fingerprint density at radius 2 is 1.11 bits per heavy atom. The number of methoxy groups -OCH3 is 2. The van der Waals surface area contributed by atoms with E-state index in [4.69, 9.17) is 18.9 Å². The fraction of sp³-hybridized carbons (Fsp3) is 0.478. The molecule has 5 heteroatoms. The van der Waals surface area contributed by atoms with E-state index in [0.29, 0.717) is 0 Å². The molecule has 0 aliphatic carbocycles. The molecule has 0 saturated heterocycles. The summed E-state index contributed by atoms with van der Waals surface area (Å²) >= 11 is 0. The predicted molar refractivity (Wildman–Crippen MR) is 114 cm³/mol. The van der Waals surface area contributed by atoms with Crippen LogP contribution in [0.15, 0.2) is 24.3 Å². The molecule has 154 valence electrons. The van der Waals surface area contributed by atoms with Crippen molar-refractivity contribution in [2.24, 2.45) is 0 Å². The summed E-state index contributed by atoms with van der Waals surface area (Å²) in [6, 6.07) is 8.72. The standard InChI is InChI=1S/C23H33NO4/c1-15(2)24(20-11-16(3)9-18(5)22(20)27-13-25-7)21-12-17(4)10-19(6)23(21)28-14-26-8/h9-12,15H,13-14H2,1-8H3. The van der Waals surface area contributed by atoms with Crippen LogP contribution < -0.4 is 14.4 Å². The molecule has 0 radical (unpaired) electrons. The van der Waals surface area contributed by atoms with Gasteiger partial charge < -0.3 is 23.8 Å². The van der Waals surface area contributed by atoms with Crippen LogP contribution in [0.5, 0.6) is 11.5 Å². The highest BCUT2D eigenvalue weighted by molar-refractivity contribution is 5.77. The third kappa shape index (κ3) is 4.97. The minimum absolute atomic E-state index is 0.178. The van der Waals surface area contributed by atoms with Gasteiger partial charge in [0, 0.05) is 20.3 Å². The zero-order valence-electron chi connectivity index (χ0n) is 18.4. The van der Waals surface area contributed by atoms with Gasteiger partial charge in [-0.25, -0.2) is 0 Å². The van der Waals surface area contributed by atoms with Gasteiger partial charge in [0.25, 0.3) is 0 Å². The zero-order valence-corrected chi connectivity index (χ0v) is 18.4. The van der Waals surface area contributed by atoms with Crippen LogP contribution in [0.1, 0.15) is 36.1 Å². The predicted octanol–water partition coefficient (Wildman–Crippen LogP) is 5.43. The number of rotatable bonds is 9. The summed E-state index contributed by atoms with van der Waals surface area (Å²) in [5, 5.41) is 0. The van der Waals surface area contributed by atoms with Crippen molar-refractivity contribution in [1.82, 2.24) is 0 Å². The first-order valence-electron chi connectivity index (χ1n) is 9.55. The molecule has 2 aromatic rings. The van der Waals surface area contributed by atoms with Gasteiger partial charge in [0.15, 0.2) is 13.6 Å². The van der Waals surface area contributed by atoms with E-state index in [1.165, 1.54) is 11.1 Å². The number of hydrogen-bond acceptors (Lipinski definition) is 5. The van der Waals surface area contributed by atoms with Crippen LogP contribution in [0.4, 0.5) is 11.4 Å². The molecular weight excluding hydrogens is 354 g/mol. The summed E-state index contributed by atoms with van der Waals surface area (Å²) in [5.74, 6) is 1.64. The summed E-state index contributed by atoms with van der Waals surface area (Å²) in [7, 11) is 3.26. The topological polar surface area (TPSA) is 40.2 Å².